The van der Waals surface area contributed by atoms with Crippen molar-refractivity contribution in [1.29, 1.82) is 0 Å². The Balaban J connectivity index is 1.65. The van der Waals surface area contributed by atoms with Crippen molar-refractivity contribution in [3.63, 3.8) is 0 Å². The third-order valence-corrected chi connectivity index (χ3v) is 13.6. The van der Waals surface area contributed by atoms with Crippen molar-refractivity contribution in [3.8, 4) is 17.1 Å². The summed E-state index contributed by atoms with van der Waals surface area (Å²) >= 11 is 1.47. The summed E-state index contributed by atoms with van der Waals surface area (Å²) in [5.41, 5.74) is 1.73. The maximum Gasteiger partial charge on any atom is 0.435 e. The van der Waals surface area contributed by atoms with Gasteiger partial charge in [-0.05, 0) is 89.5 Å². The minimum Gasteiger partial charge on any atom is -0.543 e. The Bertz CT molecular complexity index is 1950. The number of thiophene rings is 1. The molecule has 0 aliphatic heterocycles. The van der Waals surface area contributed by atoms with Crippen LogP contribution in [0.2, 0.25) is 18.1 Å². The summed E-state index contributed by atoms with van der Waals surface area (Å²) in [6.45, 7) is 22.7. The van der Waals surface area contributed by atoms with Crippen LogP contribution >= 0.6 is 11.3 Å². The standard InChI is InChI=1S/C37H47N3O6SSi/c1-35(2,3)44-33(41)39-28-20-26(46-48(10,11)37(7,8)9)18-17-25(28)19-29(39)31-32-30(40(38-31)34(42)45-36(4,5)6)21-27(47-32)23-43-22-24-15-13-12-14-16-24/h12-21H,22-23H2,1-11H3. The number of carbonyl (C=O) groups excluding carboxylic acids is 2. The molecule has 256 valence electrons. The van der Waals surface area contributed by atoms with Crippen LogP contribution in [0.1, 0.15) is 72.8 Å². The van der Waals surface area contributed by atoms with Gasteiger partial charge in [0.25, 0.3) is 0 Å². The average Bonchev–Trinajstić information content (AvgIpc) is 3.62. The lowest BCUT2D eigenvalue weighted by molar-refractivity contribution is 0.0520. The van der Waals surface area contributed by atoms with Crippen LogP contribution in [-0.2, 0) is 27.4 Å². The fourth-order valence-corrected chi connectivity index (χ4v) is 6.94. The summed E-state index contributed by atoms with van der Waals surface area (Å²) in [6, 6.07) is 19.5. The van der Waals surface area contributed by atoms with E-state index in [1.807, 2.05) is 102 Å². The summed E-state index contributed by atoms with van der Waals surface area (Å²) in [4.78, 5) is 28.4. The van der Waals surface area contributed by atoms with E-state index in [1.165, 1.54) is 20.6 Å². The second-order valence-corrected chi connectivity index (χ2v) is 21.4. The van der Waals surface area contributed by atoms with E-state index >= 15 is 0 Å². The van der Waals surface area contributed by atoms with Crippen molar-refractivity contribution in [3.05, 3.63) is 71.1 Å². The highest BCUT2D eigenvalue weighted by Gasteiger charge is 2.39. The van der Waals surface area contributed by atoms with Crippen LogP contribution in [-0.4, -0.2) is 46.1 Å². The SMILES string of the molecule is CC(C)(C)OC(=O)n1nc(-c2cc3ccc(O[Si](C)(C)C(C)(C)C)cc3n2C(=O)OC(C)(C)C)c2sc(COCc3ccccc3)cc21. The molecule has 0 aliphatic carbocycles. The molecule has 0 unspecified atom stereocenters. The molecule has 5 rings (SSSR count). The Morgan fingerprint density at radius 2 is 1.44 bits per heavy atom. The minimum atomic E-state index is -2.17. The van der Waals surface area contributed by atoms with E-state index in [0.717, 1.165) is 20.5 Å². The zero-order valence-electron chi connectivity index (χ0n) is 29.9. The lowest BCUT2D eigenvalue weighted by atomic mass is 10.2. The van der Waals surface area contributed by atoms with Crippen LogP contribution < -0.4 is 4.43 Å². The molecule has 9 nitrogen and oxygen atoms in total. The zero-order chi connectivity index (χ0) is 35.2. The van der Waals surface area contributed by atoms with Gasteiger partial charge in [0.15, 0.2) is 0 Å². The molecular formula is C37H47N3O6SSi. The van der Waals surface area contributed by atoms with E-state index in [-0.39, 0.29) is 5.04 Å². The molecule has 3 aromatic heterocycles. The largest absolute Gasteiger partial charge is 0.543 e. The quantitative estimate of drug-likeness (QED) is 0.157. The summed E-state index contributed by atoms with van der Waals surface area (Å²) in [6.07, 6.45) is -1.17. The molecule has 5 aromatic rings. The Hall–Kier alpha value is -3.93. The first-order valence-corrected chi connectivity index (χ1v) is 19.9. The van der Waals surface area contributed by atoms with Gasteiger partial charge in [0.2, 0.25) is 8.32 Å². The molecule has 0 fully saturated rings. The monoisotopic (exact) mass is 689 g/mol. The Morgan fingerprint density at radius 3 is 2.06 bits per heavy atom. The van der Waals surface area contributed by atoms with Gasteiger partial charge >= 0.3 is 12.2 Å². The highest BCUT2D eigenvalue weighted by atomic mass is 32.1. The van der Waals surface area contributed by atoms with Crippen molar-refractivity contribution < 1.29 is 28.2 Å². The first kappa shape index (κ1) is 35.4. The number of fused-ring (bicyclic) bond motifs is 2. The molecule has 2 aromatic carbocycles. The molecule has 0 saturated carbocycles. The Labute approximate surface area is 287 Å². The minimum absolute atomic E-state index is 0.0118. The fourth-order valence-electron chi connectivity index (χ4n) is 4.85. The predicted octanol–water partition coefficient (Wildman–Crippen LogP) is 10.4. The van der Waals surface area contributed by atoms with Crippen molar-refractivity contribution in [2.75, 3.05) is 0 Å². The number of nitrogens with zero attached hydrogens (tertiary/aromatic N) is 3. The van der Waals surface area contributed by atoms with Crippen LogP contribution in [0.3, 0.4) is 0 Å². The Morgan fingerprint density at radius 1 is 0.792 bits per heavy atom. The third-order valence-electron chi connectivity index (χ3n) is 8.10. The molecule has 0 radical (unpaired) electrons. The van der Waals surface area contributed by atoms with Crippen molar-refractivity contribution in [2.45, 2.75) is 105 Å². The summed E-state index contributed by atoms with van der Waals surface area (Å²) in [5.74, 6) is 0.682. The van der Waals surface area contributed by atoms with E-state index < -0.39 is 31.7 Å². The highest BCUT2D eigenvalue weighted by molar-refractivity contribution is 7.19. The van der Waals surface area contributed by atoms with Gasteiger partial charge in [0.1, 0.15) is 22.6 Å². The van der Waals surface area contributed by atoms with Gasteiger partial charge in [-0.25, -0.2) is 14.2 Å². The Kier molecular flexibility index (Phi) is 9.46. The molecule has 0 spiro atoms. The maximum absolute atomic E-state index is 14.0. The highest BCUT2D eigenvalue weighted by Crippen LogP contribution is 2.41. The number of hydrogen-bond donors (Lipinski definition) is 0. The summed E-state index contributed by atoms with van der Waals surface area (Å²) in [5, 5.41) is 5.58. The van der Waals surface area contributed by atoms with Gasteiger partial charge in [-0.3, -0.25) is 0 Å². The van der Waals surface area contributed by atoms with Gasteiger partial charge in [-0.1, -0.05) is 51.1 Å². The molecule has 0 saturated heterocycles. The van der Waals surface area contributed by atoms with E-state index in [0.29, 0.717) is 41.4 Å². The van der Waals surface area contributed by atoms with E-state index in [1.54, 1.807) is 0 Å². The third kappa shape index (κ3) is 7.85. The lowest BCUT2D eigenvalue weighted by Crippen LogP contribution is -2.43. The first-order valence-electron chi connectivity index (χ1n) is 16.2. The molecular weight excluding hydrogens is 643 g/mol. The summed E-state index contributed by atoms with van der Waals surface area (Å²) in [7, 11) is -2.17. The molecule has 0 bridgehead atoms. The topological polar surface area (TPSA) is 93.8 Å². The van der Waals surface area contributed by atoms with Crippen LogP contribution in [0.5, 0.6) is 5.75 Å². The van der Waals surface area contributed by atoms with Crippen LogP contribution in [0.4, 0.5) is 9.59 Å². The van der Waals surface area contributed by atoms with Crippen LogP contribution in [0, 0.1) is 0 Å². The predicted molar refractivity (Wildman–Crippen MR) is 195 cm³/mol. The molecule has 3 heterocycles. The first-order chi connectivity index (χ1) is 22.2. The number of benzene rings is 2. The molecule has 0 atom stereocenters. The number of carbonyl (C=O) groups is 2. The van der Waals surface area contributed by atoms with E-state index in [9.17, 15) is 9.59 Å². The zero-order valence-corrected chi connectivity index (χ0v) is 31.7. The second-order valence-electron chi connectivity index (χ2n) is 15.6. The fraction of sp³-hybridized carbons (Fsp3) is 0.432. The van der Waals surface area contributed by atoms with E-state index in [2.05, 4.69) is 33.9 Å². The smallest absolute Gasteiger partial charge is 0.435 e. The van der Waals surface area contributed by atoms with Gasteiger partial charge < -0.3 is 18.6 Å². The van der Waals surface area contributed by atoms with Gasteiger partial charge in [-0.2, -0.15) is 9.78 Å². The van der Waals surface area contributed by atoms with Gasteiger partial charge in [-0.15, -0.1) is 11.3 Å². The van der Waals surface area contributed by atoms with E-state index in [4.69, 9.17) is 23.7 Å². The number of ether oxygens (including phenoxy) is 3. The van der Waals surface area contributed by atoms with Crippen LogP contribution in [0.15, 0.2) is 60.7 Å². The molecule has 11 heteroatoms. The van der Waals surface area contributed by atoms with Gasteiger partial charge in [0, 0.05) is 16.3 Å². The number of hydrogen-bond acceptors (Lipinski definition) is 8. The number of aromatic nitrogens is 3. The van der Waals surface area contributed by atoms with Crippen molar-refractivity contribution in [2.24, 2.45) is 0 Å². The van der Waals surface area contributed by atoms with Crippen LogP contribution in [0.25, 0.3) is 32.5 Å². The second kappa shape index (κ2) is 12.8. The molecule has 0 amide bonds. The number of rotatable bonds is 7. The molecule has 0 aliphatic rings. The normalized spacial score (nSPS) is 12.9. The molecule has 48 heavy (non-hydrogen) atoms. The summed E-state index contributed by atoms with van der Waals surface area (Å²) < 4.78 is 27.9. The maximum atomic E-state index is 14.0. The lowest BCUT2D eigenvalue weighted by Gasteiger charge is -2.36. The van der Waals surface area contributed by atoms with Crippen molar-refractivity contribution >= 4 is 53.0 Å². The van der Waals surface area contributed by atoms with Crippen molar-refractivity contribution in [1.82, 2.24) is 14.3 Å². The van der Waals surface area contributed by atoms with Gasteiger partial charge in [0.05, 0.1) is 34.6 Å². The molecule has 0 N–H and O–H groups in total. The average molecular weight is 690 g/mol.